The molecule has 2 aliphatic rings. The number of aromatic nitrogens is 4. The molecule has 8 nitrogen and oxygen atoms in total. The highest BCUT2D eigenvalue weighted by atomic mass is 79.9. The van der Waals surface area contributed by atoms with Gasteiger partial charge in [-0.3, -0.25) is 18.4 Å². The number of pyridine rings is 2. The fourth-order valence-corrected chi connectivity index (χ4v) is 6.38. The molecule has 6 aromatic rings. The van der Waals surface area contributed by atoms with Crippen molar-refractivity contribution in [3.05, 3.63) is 161 Å². The van der Waals surface area contributed by atoms with Crippen molar-refractivity contribution >= 4 is 27.2 Å². The zero-order valence-electron chi connectivity index (χ0n) is 29.5. The Hall–Kier alpha value is -5.46. The summed E-state index contributed by atoms with van der Waals surface area (Å²) in [6, 6.07) is 19.3. The fraction of sp³-hybridized carbons (Fsp3) is 0.238. The lowest BCUT2D eigenvalue weighted by Gasteiger charge is -2.10. The molecule has 0 saturated heterocycles. The SMILES string of the molecule is C#Cc1ccc(F)cc1.CN1CCc2nc3cc(Br)ccn3c(=O)c2CC1.CN1CCc2nc3cc(C#Cc4ccc(F)cc4)ccn3c(=O)c2CC1. The van der Waals surface area contributed by atoms with Crippen molar-refractivity contribution in [1.82, 2.24) is 28.6 Å². The van der Waals surface area contributed by atoms with Gasteiger partial charge in [-0.25, -0.2) is 18.7 Å². The second kappa shape index (κ2) is 16.9. The minimum absolute atomic E-state index is 0.0124. The summed E-state index contributed by atoms with van der Waals surface area (Å²) >= 11 is 3.41. The van der Waals surface area contributed by atoms with Gasteiger partial charge < -0.3 is 9.80 Å². The second-order valence-corrected chi connectivity index (χ2v) is 13.8. The summed E-state index contributed by atoms with van der Waals surface area (Å²) in [5.41, 5.74) is 7.18. The molecule has 0 radical (unpaired) electrons. The molecule has 11 heteroatoms. The predicted molar refractivity (Wildman–Crippen MR) is 207 cm³/mol. The van der Waals surface area contributed by atoms with E-state index in [2.05, 4.69) is 62.6 Å². The summed E-state index contributed by atoms with van der Waals surface area (Å²) < 4.78 is 29.3. The molecule has 4 aromatic heterocycles. The molecule has 0 unspecified atom stereocenters. The van der Waals surface area contributed by atoms with E-state index in [4.69, 9.17) is 11.4 Å². The molecule has 2 aromatic carbocycles. The Balaban J connectivity index is 0.000000153. The molecule has 268 valence electrons. The van der Waals surface area contributed by atoms with Gasteiger partial charge in [-0.1, -0.05) is 33.7 Å². The Bertz CT molecular complexity index is 2500. The van der Waals surface area contributed by atoms with Crippen LogP contribution in [0.1, 0.15) is 39.2 Å². The van der Waals surface area contributed by atoms with Gasteiger partial charge in [-0.15, -0.1) is 6.42 Å². The summed E-state index contributed by atoms with van der Waals surface area (Å²) in [7, 11) is 4.14. The lowest BCUT2D eigenvalue weighted by molar-refractivity contribution is 0.352. The van der Waals surface area contributed by atoms with Gasteiger partial charge in [-0.2, -0.15) is 0 Å². The monoisotopic (exact) mass is 774 g/mol. The van der Waals surface area contributed by atoms with E-state index in [-0.39, 0.29) is 22.8 Å². The molecule has 2 aliphatic heterocycles. The number of likely N-dealkylation sites (N-methyl/N-ethyl adjacent to an activating group) is 2. The first kappa shape index (κ1) is 37.3. The molecule has 0 fully saturated rings. The Labute approximate surface area is 314 Å². The molecule has 0 amide bonds. The van der Waals surface area contributed by atoms with Crippen molar-refractivity contribution in [2.45, 2.75) is 25.7 Å². The van der Waals surface area contributed by atoms with Crippen molar-refractivity contribution in [3.63, 3.8) is 0 Å². The number of nitrogens with zero attached hydrogens (tertiary/aromatic N) is 6. The Kier molecular flexibility index (Phi) is 11.9. The van der Waals surface area contributed by atoms with Gasteiger partial charge in [0.2, 0.25) is 0 Å². The average Bonchev–Trinajstić information content (AvgIpc) is 3.47. The normalized spacial score (nSPS) is 14.1. The van der Waals surface area contributed by atoms with Crippen LogP contribution < -0.4 is 11.1 Å². The second-order valence-electron chi connectivity index (χ2n) is 12.9. The van der Waals surface area contributed by atoms with Crippen molar-refractivity contribution in [1.29, 1.82) is 0 Å². The van der Waals surface area contributed by atoms with E-state index in [0.29, 0.717) is 11.2 Å². The number of hydrogen-bond acceptors (Lipinski definition) is 6. The van der Waals surface area contributed by atoms with E-state index < -0.39 is 0 Å². The van der Waals surface area contributed by atoms with Gasteiger partial charge in [0.05, 0.1) is 11.4 Å². The quantitative estimate of drug-likeness (QED) is 0.189. The molecule has 0 atom stereocenters. The van der Waals surface area contributed by atoms with Gasteiger partial charge in [-0.05, 0) is 99.7 Å². The minimum Gasteiger partial charge on any atom is -0.306 e. The molecule has 0 N–H and O–H groups in total. The fourth-order valence-electron chi connectivity index (χ4n) is 6.06. The molecular weight excluding hydrogens is 738 g/mol. The largest absolute Gasteiger partial charge is 0.306 e. The number of fused-ring (bicyclic) bond motifs is 4. The van der Waals surface area contributed by atoms with Crippen LogP contribution in [0.25, 0.3) is 11.3 Å². The van der Waals surface area contributed by atoms with Crippen molar-refractivity contribution in [3.8, 4) is 24.2 Å². The van der Waals surface area contributed by atoms with Crippen LogP contribution in [-0.4, -0.2) is 68.8 Å². The van der Waals surface area contributed by atoms with Gasteiger partial charge in [0, 0.05) is 83.7 Å². The molecule has 0 bridgehead atoms. The average molecular weight is 776 g/mol. The molecule has 6 heterocycles. The van der Waals surface area contributed by atoms with Crippen LogP contribution in [0.2, 0.25) is 0 Å². The molecule has 0 aliphatic carbocycles. The van der Waals surface area contributed by atoms with Crippen LogP contribution in [0, 0.1) is 35.8 Å². The first-order chi connectivity index (χ1) is 25.6. The number of halogens is 3. The van der Waals surface area contributed by atoms with Crippen molar-refractivity contribution in [2.75, 3.05) is 40.3 Å². The van der Waals surface area contributed by atoms with Crippen molar-refractivity contribution < 1.29 is 8.78 Å². The van der Waals surface area contributed by atoms with Crippen LogP contribution >= 0.6 is 15.9 Å². The van der Waals surface area contributed by atoms with E-state index in [1.54, 1.807) is 45.5 Å². The number of benzene rings is 2. The third-order valence-corrected chi connectivity index (χ3v) is 9.63. The molecule has 8 rings (SSSR count). The third kappa shape index (κ3) is 9.32. The Morgan fingerprint density at radius 3 is 1.60 bits per heavy atom. The zero-order chi connectivity index (χ0) is 37.5. The van der Waals surface area contributed by atoms with Gasteiger partial charge in [0.1, 0.15) is 22.9 Å². The highest BCUT2D eigenvalue weighted by Crippen LogP contribution is 2.15. The standard InChI is InChI=1S/C21H18FN3O.C13H14BrN3O.C8H5F/c1-24-11-9-18-19(10-12-24)23-20-14-16(8-13-25(20)21(18)26)3-2-15-4-6-17(22)7-5-15;1-16-5-3-10-11(4-6-16)15-12-8-9(14)2-7-17(12)13(10)18;1-2-7-3-5-8(9)6-4-7/h4-8,13-14H,9-12H2,1H3;2,7-8H,3-6H2,1H3;1,3-6H. The lowest BCUT2D eigenvalue weighted by atomic mass is 10.1. The van der Waals surface area contributed by atoms with Crippen LogP contribution in [0.3, 0.4) is 0 Å². The van der Waals surface area contributed by atoms with Gasteiger partial charge in [0.25, 0.3) is 11.1 Å². The summed E-state index contributed by atoms with van der Waals surface area (Å²) in [4.78, 5) is 39.0. The maximum Gasteiger partial charge on any atom is 0.261 e. The lowest BCUT2D eigenvalue weighted by Crippen LogP contribution is -2.23. The predicted octanol–water partition coefficient (Wildman–Crippen LogP) is 5.56. The highest BCUT2D eigenvalue weighted by Gasteiger charge is 2.18. The first-order valence-electron chi connectivity index (χ1n) is 17.2. The van der Waals surface area contributed by atoms with E-state index >= 15 is 0 Å². The minimum atomic E-state index is -0.281. The zero-order valence-corrected chi connectivity index (χ0v) is 31.0. The maximum atomic E-state index is 13.0. The van der Waals surface area contributed by atoms with Crippen LogP contribution in [0.5, 0.6) is 0 Å². The van der Waals surface area contributed by atoms with Gasteiger partial charge in [0.15, 0.2) is 0 Å². The number of rotatable bonds is 0. The van der Waals surface area contributed by atoms with E-state index in [1.807, 2.05) is 24.3 Å². The van der Waals surface area contributed by atoms with E-state index in [0.717, 1.165) is 95.6 Å². The summed E-state index contributed by atoms with van der Waals surface area (Å²) in [6.45, 7) is 3.66. The van der Waals surface area contributed by atoms with Crippen molar-refractivity contribution in [2.24, 2.45) is 0 Å². The maximum absolute atomic E-state index is 13.0. The first-order valence-corrected chi connectivity index (χ1v) is 18.0. The Morgan fingerprint density at radius 1 is 0.623 bits per heavy atom. The van der Waals surface area contributed by atoms with Crippen LogP contribution in [0.4, 0.5) is 8.78 Å². The van der Waals surface area contributed by atoms with Gasteiger partial charge >= 0.3 is 0 Å². The highest BCUT2D eigenvalue weighted by molar-refractivity contribution is 9.10. The van der Waals surface area contributed by atoms with E-state index in [1.165, 1.54) is 24.3 Å². The third-order valence-electron chi connectivity index (χ3n) is 9.13. The Morgan fingerprint density at radius 2 is 1.08 bits per heavy atom. The number of terminal acetylenes is 1. The van der Waals surface area contributed by atoms with Crippen LogP contribution in [-0.2, 0) is 25.7 Å². The summed E-state index contributed by atoms with van der Waals surface area (Å²) in [5.74, 6) is 7.91. The topological polar surface area (TPSA) is 75.2 Å². The number of hydrogen-bond donors (Lipinski definition) is 0. The van der Waals surface area contributed by atoms with Crippen LogP contribution in [0.15, 0.2) is 99.3 Å². The molecule has 0 spiro atoms. The molecular formula is C42H37BrF2N6O2. The smallest absolute Gasteiger partial charge is 0.261 e. The molecule has 0 saturated carbocycles. The van der Waals surface area contributed by atoms with E-state index in [9.17, 15) is 18.4 Å². The summed E-state index contributed by atoms with van der Waals surface area (Å²) in [6.07, 6.45) is 11.7. The summed E-state index contributed by atoms with van der Waals surface area (Å²) in [5, 5.41) is 0. The molecule has 53 heavy (non-hydrogen) atoms.